The van der Waals surface area contributed by atoms with E-state index in [2.05, 4.69) is 11.9 Å². The number of amides is 1. The Kier molecular flexibility index (Phi) is 5.52. The maximum Gasteiger partial charge on any atom is 0.238 e. The molecule has 1 aromatic rings. The van der Waals surface area contributed by atoms with Crippen molar-refractivity contribution in [3.8, 4) is 0 Å². The van der Waals surface area contributed by atoms with Crippen molar-refractivity contribution in [2.75, 3.05) is 25.0 Å². The standard InChI is InChI=1S/C14H19FN2O/c1-4-17(9-11(2)3)10-14(18)16-13-7-5-6-12(15)8-13/h5-8H,2,4,9-10H2,1,3H3,(H,16,18). The number of nitrogens with zero attached hydrogens (tertiary/aromatic N) is 1. The molecule has 0 saturated carbocycles. The van der Waals surface area contributed by atoms with Crippen LogP contribution >= 0.6 is 0 Å². The van der Waals surface area contributed by atoms with Gasteiger partial charge in [0.05, 0.1) is 6.54 Å². The first-order chi connectivity index (χ1) is 8.51. The molecular formula is C14H19FN2O. The second-order valence-corrected chi connectivity index (χ2v) is 4.32. The summed E-state index contributed by atoms with van der Waals surface area (Å²) >= 11 is 0. The van der Waals surface area contributed by atoms with Gasteiger partial charge >= 0.3 is 0 Å². The predicted molar refractivity (Wildman–Crippen MR) is 72.0 cm³/mol. The third kappa shape index (κ3) is 5.10. The van der Waals surface area contributed by atoms with Gasteiger partial charge in [0.25, 0.3) is 0 Å². The highest BCUT2D eigenvalue weighted by Gasteiger charge is 2.09. The molecule has 0 fully saturated rings. The zero-order valence-corrected chi connectivity index (χ0v) is 10.9. The molecule has 0 bridgehead atoms. The number of nitrogens with one attached hydrogen (secondary N) is 1. The normalized spacial score (nSPS) is 10.4. The molecule has 1 rings (SSSR count). The molecule has 0 atom stereocenters. The van der Waals surface area contributed by atoms with Crippen molar-refractivity contribution < 1.29 is 9.18 Å². The molecule has 3 nitrogen and oxygen atoms in total. The summed E-state index contributed by atoms with van der Waals surface area (Å²) in [5, 5.41) is 2.67. The first-order valence-corrected chi connectivity index (χ1v) is 5.93. The van der Waals surface area contributed by atoms with E-state index in [-0.39, 0.29) is 18.3 Å². The van der Waals surface area contributed by atoms with Crippen LogP contribution in [-0.2, 0) is 4.79 Å². The molecule has 0 aliphatic rings. The Morgan fingerprint density at radius 2 is 2.17 bits per heavy atom. The molecule has 0 heterocycles. The summed E-state index contributed by atoms with van der Waals surface area (Å²) < 4.78 is 12.9. The minimum Gasteiger partial charge on any atom is -0.325 e. The molecule has 1 aromatic carbocycles. The molecule has 4 heteroatoms. The fraction of sp³-hybridized carbons (Fsp3) is 0.357. The summed E-state index contributed by atoms with van der Waals surface area (Å²) in [6.07, 6.45) is 0. The second kappa shape index (κ2) is 6.91. The molecule has 0 spiro atoms. The Balaban J connectivity index is 2.52. The number of hydrogen-bond acceptors (Lipinski definition) is 2. The quantitative estimate of drug-likeness (QED) is 0.787. The van der Waals surface area contributed by atoms with Crippen molar-refractivity contribution in [1.82, 2.24) is 4.90 Å². The third-order valence-electron chi connectivity index (χ3n) is 2.42. The summed E-state index contributed by atoms with van der Waals surface area (Å²) in [6, 6.07) is 5.87. The van der Waals surface area contributed by atoms with Crippen LogP contribution < -0.4 is 5.32 Å². The number of halogens is 1. The van der Waals surface area contributed by atoms with E-state index in [9.17, 15) is 9.18 Å². The molecule has 0 unspecified atom stereocenters. The molecule has 98 valence electrons. The number of carbonyl (C=O) groups excluding carboxylic acids is 1. The van der Waals surface area contributed by atoms with Crippen molar-refractivity contribution in [3.63, 3.8) is 0 Å². The van der Waals surface area contributed by atoms with Gasteiger partial charge in [0.15, 0.2) is 0 Å². The van der Waals surface area contributed by atoms with E-state index in [1.165, 1.54) is 12.1 Å². The van der Waals surface area contributed by atoms with Gasteiger partial charge in [0.2, 0.25) is 5.91 Å². The summed E-state index contributed by atoms with van der Waals surface area (Å²) in [5.41, 5.74) is 1.49. The first kappa shape index (κ1) is 14.4. The Bertz CT molecular complexity index is 432. The number of likely N-dealkylation sites (N-methyl/N-ethyl adjacent to an activating group) is 1. The van der Waals surface area contributed by atoms with E-state index in [1.807, 2.05) is 18.7 Å². The van der Waals surface area contributed by atoms with Crippen molar-refractivity contribution in [2.45, 2.75) is 13.8 Å². The Morgan fingerprint density at radius 3 is 2.72 bits per heavy atom. The monoisotopic (exact) mass is 250 g/mol. The largest absolute Gasteiger partial charge is 0.325 e. The van der Waals surface area contributed by atoms with E-state index >= 15 is 0 Å². The molecule has 1 N–H and O–H groups in total. The summed E-state index contributed by atoms with van der Waals surface area (Å²) in [5.74, 6) is -0.509. The molecule has 1 amide bonds. The number of hydrogen-bond donors (Lipinski definition) is 1. The topological polar surface area (TPSA) is 32.3 Å². The minimum absolute atomic E-state index is 0.149. The van der Waals surface area contributed by atoms with E-state index in [4.69, 9.17) is 0 Å². The van der Waals surface area contributed by atoms with Gasteiger partial charge in [0, 0.05) is 12.2 Å². The van der Waals surface area contributed by atoms with Crippen LogP contribution in [0, 0.1) is 5.82 Å². The van der Waals surface area contributed by atoms with Gasteiger partial charge in [-0.3, -0.25) is 9.69 Å². The van der Waals surface area contributed by atoms with Crippen molar-refractivity contribution in [3.05, 3.63) is 42.2 Å². The average Bonchev–Trinajstić information content (AvgIpc) is 2.27. The molecular weight excluding hydrogens is 231 g/mol. The highest BCUT2D eigenvalue weighted by molar-refractivity contribution is 5.92. The average molecular weight is 250 g/mol. The Labute approximate surface area is 107 Å². The molecule has 0 aliphatic carbocycles. The van der Waals surface area contributed by atoms with E-state index < -0.39 is 0 Å². The maximum absolute atomic E-state index is 12.9. The van der Waals surface area contributed by atoms with Crippen molar-refractivity contribution in [2.24, 2.45) is 0 Å². The predicted octanol–water partition coefficient (Wildman–Crippen LogP) is 2.66. The van der Waals surface area contributed by atoms with Gasteiger partial charge in [-0.25, -0.2) is 4.39 Å². The lowest BCUT2D eigenvalue weighted by Gasteiger charge is -2.19. The van der Waals surface area contributed by atoms with Crippen LogP contribution in [-0.4, -0.2) is 30.4 Å². The number of rotatable bonds is 6. The molecule has 0 radical (unpaired) electrons. The third-order valence-corrected chi connectivity index (χ3v) is 2.42. The summed E-state index contributed by atoms with van der Waals surface area (Å²) in [4.78, 5) is 13.7. The van der Waals surface area contributed by atoms with E-state index in [1.54, 1.807) is 12.1 Å². The van der Waals surface area contributed by atoms with Gasteiger partial charge in [-0.2, -0.15) is 0 Å². The van der Waals surface area contributed by atoms with E-state index in [0.717, 1.165) is 12.1 Å². The fourth-order valence-electron chi connectivity index (χ4n) is 1.63. The lowest BCUT2D eigenvalue weighted by Crippen LogP contribution is -2.34. The zero-order valence-electron chi connectivity index (χ0n) is 10.9. The molecule has 0 saturated heterocycles. The zero-order chi connectivity index (χ0) is 13.5. The van der Waals surface area contributed by atoms with Gasteiger partial charge in [0.1, 0.15) is 5.82 Å². The SMILES string of the molecule is C=C(C)CN(CC)CC(=O)Nc1cccc(F)c1. The van der Waals surface area contributed by atoms with Crippen molar-refractivity contribution in [1.29, 1.82) is 0 Å². The molecule has 0 aliphatic heterocycles. The van der Waals surface area contributed by atoms with Crippen LogP contribution in [0.15, 0.2) is 36.4 Å². The lowest BCUT2D eigenvalue weighted by atomic mass is 10.3. The van der Waals surface area contributed by atoms with Crippen molar-refractivity contribution >= 4 is 11.6 Å². The Morgan fingerprint density at radius 1 is 1.44 bits per heavy atom. The second-order valence-electron chi connectivity index (χ2n) is 4.32. The summed E-state index contributed by atoms with van der Waals surface area (Å²) in [6.45, 7) is 9.46. The Hall–Kier alpha value is -1.68. The van der Waals surface area contributed by atoms with Crippen LogP contribution in [0.25, 0.3) is 0 Å². The summed E-state index contributed by atoms with van der Waals surface area (Å²) in [7, 11) is 0. The highest BCUT2D eigenvalue weighted by Crippen LogP contribution is 2.09. The number of carbonyl (C=O) groups is 1. The smallest absolute Gasteiger partial charge is 0.238 e. The fourth-order valence-corrected chi connectivity index (χ4v) is 1.63. The van der Waals surface area contributed by atoms with Gasteiger partial charge in [-0.15, -0.1) is 0 Å². The lowest BCUT2D eigenvalue weighted by molar-refractivity contribution is -0.117. The van der Waals surface area contributed by atoms with Gasteiger partial charge < -0.3 is 5.32 Å². The van der Waals surface area contributed by atoms with Gasteiger partial charge in [-0.1, -0.05) is 25.1 Å². The first-order valence-electron chi connectivity index (χ1n) is 5.93. The van der Waals surface area contributed by atoms with Crippen LogP contribution in [0.2, 0.25) is 0 Å². The van der Waals surface area contributed by atoms with Crippen LogP contribution in [0.1, 0.15) is 13.8 Å². The van der Waals surface area contributed by atoms with Crippen LogP contribution in [0.3, 0.4) is 0 Å². The minimum atomic E-state index is -0.359. The number of anilines is 1. The maximum atomic E-state index is 12.9. The highest BCUT2D eigenvalue weighted by atomic mass is 19.1. The van der Waals surface area contributed by atoms with Crippen LogP contribution in [0.4, 0.5) is 10.1 Å². The van der Waals surface area contributed by atoms with E-state index in [0.29, 0.717) is 12.2 Å². The number of benzene rings is 1. The van der Waals surface area contributed by atoms with Crippen LogP contribution in [0.5, 0.6) is 0 Å². The molecule has 18 heavy (non-hydrogen) atoms. The van der Waals surface area contributed by atoms with Gasteiger partial charge in [-0.05, 0) is 31.7 Å². The molecule has 0 aromatic heterocycles.